The number of hydrogen-bond acceptors (Lipinski definition) is 5. The molecule has 2 aromatic rings. The summed E-state index contributed by atoms with van der Waals surface area (Å²) < 4.78 is 39.6. The minimum atomic E-state index is -3.98. The zero-order valence-electron chi connectivity index (χ0n) is 9.75. The van der Waals surface area contributed by atoms with Crippen molar-refractivity contribution in [3.05, 3.63) is 48.3 Å². The van der Waals surface area contributed by atoms with Crippen LogP contribution in [-0.4, -0.2) is 18.4 Å². The molecule has 2 rings (SSSR count). The van der Waals surface area contributed by atoms with E-state index in [0.717, 1.165) is 12.1 Å². The maximum Gasteiger partial charge on any atom is 0.243 e. The molecule has 0 aliphatic rings. The largest absolute Gasteiger partial charge is 0.399 e. The van der Waals surface area contributed by atoms with Gasteiger partial charge in [-0.05, 0) is 24.3 Å². The molecule has 0 aliphatic heterocycles. The van der Waals surface area contributed by atoms with Crippen molar-refractivity contribution in [3.63, 3.8) is 0 Å². The van der Waals surface area contributed by atoms with Crippen molar-refractivity contribution in [2.45, 2.75) is 11.4 Å². The third kappa shape index (κ3) is 3.24. The Kier molecular flexibility index (Phi) is 3.72. The third-order valence-corrected chi connectivity index (χ3v) is 3.75. The van der Waals surface area contributed by atoms with Crippen LogP contribution in [0, 0.1) is 5.82 Å². The molecule has 0 atom stereocenters. The first-order chi connectivity index (χ1) is 8.99. The molecule has 1 heterocycles. The summed E-state index contributed by atoms with van der Waals surface area (Å²) in [6, 6.07) is 4.92. The summed E-state index contributed by atoms with van der Waals surface area (Å²) in [5.41, 5.74) is 6.10. The zero-order valence-corrected chi connectivity index (χ0v) is 10.6. The molecule has 0 bridgehead atoms. The van der Waals surface area contributed by atoms with E-state index in [9.17, 15) is 12.8 Å². The van der Waals surface area contributed by atoms with E-state index in [1.54, 1.807) is 6.07 Å². The first-order valence-electron chi connectivity index (χ1n) is 5.28. The number of aromatic nitrogens is 2. The minimum Gasteiger partial charge on any atom is -0.399 e. The molecule has 3 N–H and O–H groups in total. The summed E-state index contributed by atoms with van der Waals surface area (Å²) in [6.45, 7) is -0.0565. The lowest BCUT2D eigenvalue weighted by molar-refractivity contribution is 0.556. The predicted molar refractivity (Wildman–Crippen MR) is 66.9 cm³/mol. The number of hydrogen-bond donors (Lipinski definition) is 2. The number of sulfonamides is 1. The lowest BCUT2D eigenvalue weighted by Gasteiger charge is -2.07. The standard InChI is InChI=1S/C11H11FN4O2S/c12-10-2-1-8(13)5-11(10)19(17,18)16-6-9-3-4-14-7-15-9/h1-5,7,16H,6,13H2. The van der Waals surface area contributed by atoms with Gasteiger partial charge in [0.25, 0.3) is 0 Å². The lowest BCUT2D eigenvalue weighted by atomic mass is 10.3. The number of rotatable bonds is 4. The van der Waals surface area contributed by atoms with Crippen molar-refractivity contribution < 1.29 is 12.8 Å². The molecular weight excluding hydrogens is 271 g/mol. The van der Waals surface area contributed by atoms with Crippen LogP contribution in [0.15, 0.2) is 41.7 Å². The molecule has 0 radical (unpaired) electrons. The molecule has 0 amide bonds. The van der Waals surface area contributed by atoms with Gasteiger partial charge in [0.1, 0.15) is 17.0 Å². The van der Waals surface area contributed by atoms with E-state index in [4.69, 9.17) is 5.73 Å². The van der Waals surface area contributed by atoms with Crippen LogP contribution in [0.3, 0.4) is 0 Å². The van der Waals surface area contributed by atoms with Crippen LogP contribution in [0.2, 0.25) is 0 Å². The smallest absolute Gasteiger partial charge is 0.243 e. The molecule has 8 heteroatoms. The molecule has 100 valence electrons. The fourth-order valence-electron chi connectivity index (χ4n) is 1.40. The fraction of sp³-hybridized carbons (Fsp3) is 0.0909. The Morgan fingerprint density at radius 1 is 1.32 bits per heavy atom. The Hall–Kier alpha value is -2.06. The first kappa shape index (κ1) is 13.4. The number of nitrogens with one attached hydrogen (secondary N) is 1. The average Bonchev–Trinajstić information content (AvgIpc) is 2.40. The Bertz CT molecular complexity index is 676. The van der Waals surface area contributed by atoms with Crippen LogP contribution < -0.4 is 10.5 Å². The highest BCUT2D eigenvalue weighted by Crippen LogP contribution is 2.17. The normalized spacial score (nSPS) is 11.4. The SMILES string of the molecule is Nc1ccc(F)c(S(=O)(=O)NCc2ccncn2)c1. The summed E-state index contributed by atoms with van der Waals surface area (Å²) in [5.74, 6) is -0.857. The van der Waals surface area contributed by atoms with Gasteiger partial charge >= 0.3 is 0 Å². The minimum absolute atomic E-state index is 0.0565. The molecule has 0 saturated heterocycles. The van der Waals surface area contributed by atoms with Crippen molar-refractivity contribution in [2.75, 3.05) is 5.73 Å². The fourth-order valence-corrected chi connectivity index (χ4v) is 2.50. The first-order valence-corrected chi connectivity index (χ1v) is 6.77. The number of benzene rings is 1. The Morgan fingerprint density at radius 2 is 2.11 bits per heavy atom. The molecule has 0 fully saturated rings. The Morgan fingerprint density at radius 3 is 2.79 bits per heavy atom. The highest BCUT2D eigenvalue weighted by molar-refractivity contribution is 7.89. The van der Waals surface area contributed by atoms with E-state index in [0.29, 0.717) is 5.69 Å². The molecule has 0 unspecified atom stereocenters. The summed E-state index contributed by atoms with van der Waals surface area (Å²) in [6.07, 6.45) is 2.78. The number of nitrogen functional groups attached to an aromatic ring is 1. The third-order valence-electron chi connectivity index (χ3n) is 2.33. The maximum absolute atomic E-state index is 13.5. The number of nitrogens with two attached hydrogens (primary N) is 1. The van der Waals surface area contributed by atoms with Gasteiger partial charge in [0.15, 0.2) is 0 Å². The number of anilines is 1. The molecule has 0 saturated carbocycles. The maximum atomic E-state index is 13.5. The summed E-state index contributed by atoms with van der Waals surface area (Å²) in [4.78, 5) is 7.08. The quantitative estimate of drug-likeness (QED) is 0.803. The molecule has 19 heavy (non-hydrogen) atoms. The van der Waals surface area contributed by atoms with Crippen molar-refractivity contribution >= 4 is 15.7 Å². The average molecular weight is 282 g/mol. The molecule has 0 spiro atoms. The van der Waals surface area contributed by atoms with E-state index in [-0.39, 0.29) is 12.2 Å². The molecule has 0 aliphatic carbocycles. The van der Waals surface area contributed by atoms with Gasteiger partial charge in [0, 0.05) is 11.9 Å². The lowest BCUT2D eigenvalue weighted by Crippen LogP contribution is -2.24. The molecule has 1 aromatic heterocycles. The summed E-state index contributed by atoms with van der Waals surface area (Å²) >= 11 is 0. The highest BCUT2D eigenvalue weighted by atomic mass is 32.2. The van der Waals surface area contributed by atoms with Gasteiger partial charge in [-0.1, -0.05) is 0 Å². The van der Waals surface area contributed by atoms with Gasteiger partial charge in [-0.25, -0.2) is 27.5 Å². The molecule has 6 nitrogen and oxygen atoms in total. The second kappa shape index (κ2) is 5.29. The second-order valence-corrected chi connectivity index (χ2v) is 5.45. The van der Waals surface area contributed by atoms with Gasteiger partial charge in [0.05, 0.1) is 12.2 Å². The van der Waals surface area contributed by atoms with E-state index in [1.807, 2.05) is 0 Å². The molecule has 1 aromatic carbocycles. The monoisotopic (exact) mass is 282 g/mol. The van der Waals surface area contributed by atoms with Crippen LogP contribution in [0.5, 0.6) is 0 Å². The Balaban J connectivity index is 2.21. The second-order valence-electron chi connectivity index (χ2n) is 3.72. The topological polar surface area (TPSA) is 98.0 Å². The van der Waals surface area contributed by atoms with E-state index in [2.05, 4.69) is 14.7 Å². The van der Waals surface area contributed by atoms with E-state index < -0.39 is 20.7 Å². The van der Waals surface area contributed by atoms with Crippen molar-refractivity contribution in [1.82, 2.24) is 14.7 Å². The van der Waals surface area contributed by atoms with Crippen LogP contribution in [0.1, 0.15) is 5.69 Å². The van der Waals surface area contributed by atoms with Crippen molar-refractivity contribution in [2.24, 2.45) is 0 Å². The van der Waals surface area contributed by atoms with Crippen molar-refractivity contribution in [1.29, 1.82) is 0 Å². The number of halogens is 1. The van der Waals surface area contributed by atoms with Crippen LogP contribution in [0.4, 0.5) is 10.1 Å². The molecular formula is C11H11FN4O2S. The van der Waals surface area contributed by atoms with Gasteiger partial charge in [-0.2, -0.15) is 0 Å². The van der Waals surface area contributed by atoms with Crippen LogP contribution in [-0.2, 0) is 16.6 Å². The zero-order chi connectivity index (χ0) is 13.9. The summed E-state index contributed by atoms with van der Waals surface area (Å²) in [7, 11) is -3.98. The van der Waals surface area contributed by atoms with Gasteiger partial charge < -0.3 is 5.73 Å². The van der Waals surface area contributed by atoms with Crippen LogP contribution >= 0.6 is 0 Å². The van der Waals surface area contributed by atoms with Gasteiger partial charge in [0.2, 0.25) is 10.0 Å². The van der Waals surface area contributed by atoms with E-state index >= 15 is 0 Å². The van der Waals surface area contributed by atoms with Gasteiger partial charge in [-0.15, -0.1) is 0 Å². The highest BCUT2D eigenvalue weighted by Gasteiger charge is 2.19. The summed E-state index contributed by atoms with van der Waals surface area (Å²) in [5, 5.41) is 0. The predicted octanol–water partition coefficient (Wildman–Crippen LogP) is 0.676. The Labute approximate surface area is 109 Å². The van der Waals surface area contributed by atoms with Crippen LogP contribution in [0.25, 0.3) is 0 Å². The van der Waals surface area contributed by atoms with Crippen molar-refractivity contribution in [3.8, 4) is 0 Å². The van der Waals surface area contributed by atoms with Gasteiger partial charge in [-0.3, -0.25) is 0 Å². The van der Waals surface area contributed by atoms with E-state index in [1.165, 1.54) is 18.6 Å². The number of nitrogens with zero attached hydrogens (tertiary/aromatic N) is 2.